The zero-order valence-corrected chi connectivity index (χ0v) is 53.6. The number of aliphatic hydroxyl groups excluding tert-OH is 1. The molecule has 80 heavy (non-hydrogen) atoms. The van der Waals surface area contributed by atoms with Gasteiger partial charge in [-0.1, -0.05) is 135 Å². The van der Waals surface area contributed by atoms with Crippen molar-refractivity contribution in [2.75, 3.05) is 39.6 Å². The molecule has 0 spiro atoms. The van der Waals surface area contributed by atoms with Gasteiger partial charge in [0.25, 0.3) is 0 Å². The van der Waals surface area contributed by atoms with Gasteiger partial charge in [0.1, 0.15) is 32.0 Å². The van der Waals surface area contributed by atoms with Crippen molar-refractivity contribution < 1.29 is 76.4 Å². The number of hydrogen-bond donors (Lipinski definition) is 1. The minimum atomic E-state index is -0.625. The van der Waals surface area contributed by atoms with Crippen LogP contribution in [0.3, 0.4) is 0 Å². The lowest BCUT2D eigenvalue weighted by Crippen LogP contribution is -2.56. The summed E-state index contributed by atoms with van der Waals surface area (Å²) in [7, 11) is 0. The van der Waals surface area contributed by atoms with Crippen LogP contribution < -0.4 is 0 Å². The third-order valence-corrected chi connectivity index (χ3v) is 17.9. The Kier molecular flexibility index (Phi) is 34.0. The van der Waals surface area contributed by atoms with Crippen LogP contribution in [0.25, 0.3) is 0 Å². The van der Waals surface area contributed by atoms with E-state index < -0.39 is 24.0 Å². The molecule has 0 aromatic heterocycles. The first kappa shape index (κ1) is 73.5. The number of aliphatic hydroxyl groups is 1. The number of ether oxygens (including phenoxy) is 11. The van der Waals surface area contributed by atoms with E-state index in [1.54, 1.807) is 6.08 Å². The molecule has 0 radical (unpaired) electrons. The van der Waals surface area contributed by atoms with E-state index in [2.05, 4.69) is 88.1 Å². The van der Waals surface area contributed by atoms with Crippen molar-refractivity contribution in [2.45, 2.75) is 282 Å². The number of aliphatic imine (C=N–C) groups is 1. The number of nitrogens with zero attached hydrogens (tertiary/aromatic N) is 1. The second kappa shape index (κ2) is 37.0. The fourth-order valence-corrected chi connectivity index (χ4v) is 11.1. The fourth-order valence-electron chi connectivity index (χ4n) is 11.1. The van der Waals surface area contributed by atoms with Crippen LogP contribution >= 0.6 is 0 Å². The Hall–Kier alpha value is -2.57. The molecule has 0 aliphatic carbocycles. The summed E-state index contributed by atoms with van der Waals surface area (Å²) >= 11 is 0. The molecule has 0 amide bonds. The lowest BCUT2D eigenvalue weighted by atomic mass is 9.77. The average molecular weight is 1140 g/mol. The second-order valence-electron chi connectivity index (χ2n) is 25.2. The summed E-state index contributed by atoms with van der Waals surface area (Å²) in [6.07, 6.45) is 9.78. The van der Waals surface area contributed by atoms with Crippen LogP contribution in [0.4, 0.5) is 0 Å². The molecule has 468 valence electrons. The summed E-state index contributed by atoms with van der Waals surface area (Å²) in [6.45, 7) is 42.4. The molecular formula is C63H115NO16. The maximum absolute atomic E-state index is 12.9. The lowest BCUT2D eigenvalue weighted by molar-refractivity contribution is -0.303. The molecule has 0 bridgehead atoms. The maximum atomic E-state index is 12.9. The summed E-state index contributed by atoms with van der Waals surface area (Å²) in [5.74, 6) is 1.20. The number of unbranched alkanes of at least 4 members (excludes halogenated alkanes) is 6. The van der Waals surface area contributed by atoms with Gasteiger partial charge in [-0.15, -0.1) is 0 Å². The molecule has 4 fully saturated rings. The van der Waals surface area contributed by atoms with Crippen molar-refractivity contribution in [1.29, 1.82) is 0 Å². The van der Waals surface area contributed by atoms with E-state index in [0.717, 1.165) is 38.7 Å². The first-order valence-electron chi connectivity index (χ1n) is 30.9. The van der Waals surface area contributed by atoms with E-state index in [0.29, 0.717) is 30.3 Å². The highest BCUT2D eigenvalue weighted by Crippen LogP contribution is 2.43. The molecule has 1 N–H and O–H groups in total. The monoisotopic (exact) mass is 1140 g/mol. The first-order chi connectivity index (χ1) is 37.6. The molecule has 4 heterocycles. The molecule has 0 aromatic rings. The fraction of sp³-hybridized carbons (Fsp3) is 0.937. The van der Waals surface area contributed by atoms with Gasteiger partial charge >= 0.3 is 17.9 Å². The number of esters is 3. The lowest BCUT2D eigenvalue weighted by Gasteiger charge is -2.49. The van der Waals surface area contributed by atoms with Gasteiger partial charge in [-0.25, -0.2) is 4.79 Å². The van der Waals surface area contributed by atoms with Crippen molar-refractivity contribution in [1.82, 2.24) is 0 Å². The summed E-state index contributed by atoms with van der Waals surface area (Å²) in [6, 6.07) is 0. The van der Waals surface area contributed by atoms with Crippen LogP contribution in [-0.4, -0.2) is 141 Å². The normalized spacial score (nSPS) is 34.6. The Bertz CT molecular complexity index is 1790. The van der Waals surface area contributed by atoms with Crippen molar-refractivity contribution in [3.05, 3.63) is 0 Å². The molecule has 20 unspecified atom stereocenters. The number of carbonyl (C=O) groups is 3. The quantitative estimate of drug-likeness (QED) is 0.0254. The molecule has 17 nitrogen and oxygen atoms in total. The summed E-state index contributed by atoms with van der Waals surface area (Å²) in [5, 5.41) is 8.87. The van der Waals surface area contributed by atoms with Crippen LogP contribution in [-0.2, 0) is 71.3 Å². The predicted octanol–water partition coefficient (Wildman–Crippen LogP) is 12.0. The maximum Gasteiger partial charge on any atom is 0.308 e. The summed E-state index contributed by atoms with van der Waals surface area (Å²) < 4.78 is 65.9. The largest absolute Gasteiger partial charge is 0.463 e. The third kappa shape index (κ3) is 24.2. The number of hydrogen-bond acceptors (Lipinski definition) is 17. The highest BCUT2D eigenvalue weighted by Gasteiger charge is 2.49. The van der Waals surface area contributed by atoms with Crippen LogP contribution in [0.15, 0.2) is 4.99 Å². The highest BCUT2D eigenvalue weighted by atomic mass is 16.7. The van der Waals surface area contributed by atoms with Gasteiger partial charge in [-0.05, 0) is 94.8 Å². The van der Waals surface area contributed by atoms with E-state index in [4.69, 9.17) is 57.2 Å². The van der Waals surface area contributed by atoms with Crippen LogP contribution in [0.2, 0.25) is 0 Å². The minimum absolute atomic E-state index is 0.0196. The van der Waals surface area contributed by atoms with Gasteiger partial charge in [0.15, 0.2) is 18.8 Å². The topological polar surface area (TPSA) is 202 Å². The second-order valence-corrected chi connectivity index (χ2v) is 25.2. The predicted molar refractivity (Wildman–Crippen MR) is 309 cm³/mol. The number of rotatable bonds is 28. The van der Waals surface area contributed by atoms with Crippen LogP contribution in [0, 0.1) is 59.2 Å². The van der Waals surface area contributed by atoms with Crippen molar-refractivity contribution >= 4 is 24.0 Å². The van der Waals surface area contributed by atoms with E-state index in [9.17, 15) is 19.2 Å². The molecule has 17 heteroatoms. The SMILES string of the molecule is CCC1OC(OC2C(COC(C)=O)OC(N=C=O)C(C)C2C)C(C)C(C)C1C.CCCCCCOC(C)(C)CO.CCCCCCOC(C)(C)COC(=O)CC1OC(COC(C)=O)C(OC2OC(CC)C(C)C(C)C2C)C(C)C1C. The van der Waals surface area contributed by atoms with Crippen molar-refractivity contribution in [2.24, 2.45) is 64.2 Å². The zero-order chi connectivity index (χ0) is 60.5. The molecule has 4 aliphatic rings. The zero-order valence-electron chi connectivity index (χ0n) is 53.6. The molecule has 0 aromatic carbocycles. The Morgan fingerprint density at radius 2 is 0.925 bits per heavy atom. The molecule has 4 saturated heterocycles. The van der Waals surface area contributed by atoms with Gasteiger partial charge in [-0.2, -0.15) is 4.99 Å². The Labute approximate surface area is 484 Å². The highest BCUT2D eigenvalue weighted by molar-refractivity contribution is 5.70. The summed E-state index contributed by atoms with van der Waals surface area (Å²) in [4.78, 5) is 50.4. The summed E-state index contributed by atoms with van der Waals surface area (Å²) in [5.41, 5.74) is -0.904. The van der Waals surface area contributed by atoms with Gasteiger partial charge in [0.05, 0.1) is 54.7 Å². The van der Waals surface area contributed by atoms with E-state index >= 15 is 0 Å². The van der Waals surface area contributed by atoms with E-state index in [1.807, 2.05) is 41.5 Å². The Balaban J connectivity index is 0.000000471. The smallest absolute Gasteiger partial charge is 0.308 e. The molecular weight excluding hydrogens is 1030 g/mol. The van der Waals surface area contributed by atoms with Gasteiger partial charge in [0, 0.05) is 44.8 Å². The average Bonchev–Trinajstić information content (AvgIpc) is 3.41. The van der Waals surface area contributed by atoms with E-state index in [1.165, 1.54) is 46.0 Å². The van der Waals surface area contributed by atoms with Crippen LogP contribution in [0.5, 0.6) is 0 Å². The minimum Gasteiger partial charge on any atom is -0.463 e. The molecule has 0 saturated carbocycles. The van der Waals surface area contributed by atoms with Gasteiger partial charge in [-0.3, -0.25) is 14.4 Å². The van der Waals surface area contributed by atoms with Crippen molar-refractivity contribution in [3.8, 4) is 0 Å². The first-order valence-corrected chi connectivity index (χ1v) is 30.9. The van der Waals surface area contributed by atoms with Crippen molar-refractivity contribution in [3.63, 3.8) is 0 Å². The van der Waals surface area contributed by atoms with Crippen LogP contribution in [0.1, 0.15) is 209 Å². The van der Waals surface area contributed by atoms with E-state index in [-0.39, 0.29) is 135 Å². The van der Waals surface area contributed by atoms with Gasteiger partial charge in [0.2, 0.25) is 6.08 Å². The molecule has 20 atom stereocenters. The van der Waals surface area contributed by atoms with Gasteiger partial charge < -0.3 is 57.2 Å². The number of isocyanates is 1. The standard InChI is InChI=1S/C32H58O8.C21H35NO6.C10H22O2/c1-11-13-14-15-16-37-32(9,10)19-36-29(34)17-27-22(5)23(6)30(28(38-27)18-35-25(8)33)40-31-24(7)20(3)21(4)26(12-2)39-31;1-8-17-12(3)11(2)15(6)21(27-17)28-19-13(4)14(5)20(22-10-23)26-18(19)9-25-16(7)24;1-4-5-6-7-8-12-10(2,3)9-11/h20-24,26-28,30-31H,11-19H2,1-10H3;11-15,17-21H,8-9H2,1-7H3;11H,4-9H2,1-3H3. The third-order valence-electron chi connectivity index (χ3n) is 17.9. The Morgan fingerprint density at radius 3 is 1.34 bits per heavy atom. The number of carbonyl (C=O) groups excluding carboxylic acids is 4. The molecule has 4 aliphatic heterocycles. The molecule has 4 rings (SSSR count). The Morgan fingerprint density at radius 1 is 0.500 bits per heavy atom.